The summed E-state index contributed by atoms with van der Waals surface area (Å²) in [7, 11) is 1.17. The molecule has 0 aliphatic carbocycles. The Bertz CT molecular complexity index is 1630. The maximum absolute atomic E-state index is 13.4. The maximum Gasteiger partial charge on any atom is 0.416 e. The first kappa shape index (κ1) is 30.0. The second kappa shape index (κ2) is 11.5. The van der Waals surface area contributed by atoms with Crippen LogP contribution in [0.1, 0.15) is 27.0 Å². The number of nitrogens with one attached hydrogen (secondary N) is 1. The predicted molar refractivity (Wildman–Crippen MR) is 139 cm³/mol. The van der Waals surface area contributed by atoms with Gasteiger partial charge in [-0.05, 0) is 41.0 Å². The van der Waals surface area contributed by atoms with Gasteiger partial charge in [-0.1, -0.05) is 48.5 Å². The van der Waals surface area contributed by atoms with Gasteiger partial charge in [0.1, 0.15) is 0 Å². The van der Waals surface area contributed by atoms with Crippen molar-refractivity contribution < 1.29 is 50.9 Å². The lowest BCUT2D eigenvalue weighted by Gasteiger charge is -2.27. The minimum Gasteiger partial charge on any atom is -0.494 e. The lowest BCUT2D eigenvalue weighted by Crippen LogP contribution is -2.37. The normalized spacial score (nSPS) is 12.9. The van der Waals surface area contributed by atoms with Crippen molar-refractivity contribution in [2.75, 3.05) is 7.05 Å². The van der Waals surface area contributed by atoms with Crippen molar-refractivity contribution >= 4 is 22.6 Å². The number of H-pyrrole nitrogens is 1. The summed E-state index contributed by atoms with van der Waals surface area (Å²) >= 11 is 0. The second-order valence-corrected chi connectivity index (χ2v) is 9.31. The molecule has 0 aliphatic rings. The number of fused-ring (bicyclic) bond motifs is 1. The Labute approximate surface area is 234 Å². The van der Waals surface area contributed by atoms with E-state index in [-0.39, 0.29) is 12.5 Å². The van der Waals surface area contributed by atoms with Crippen LogP contribution >= 0.6 is 0 Å². The monoisotopic (exact) mass is 592 g/mol. The SMILES string of the molecule is CN(C(=O)c1cc(C(F)(F)F)cc(C(F)(F)F)c1)C(C=CC(=O)Oc1cc(O)[nH]c1O)Cc1ccc2ccccc2c1. The van der Waals surface area contributed by atoms with E-state index in [0.717, 1.165) is 27.8 Å². The van der Waals surface area contributed by atoms with Gasteiger partial charge < -0.3 is 19.8 Å². The molecule has 3 N–H and O–H groups in total. The molecule has 0 saturated carbocycles. The highest BCUT2D eigenvalue weighted by Crippen LogP contribution is 2.37. The number of nitrogens with zero attached hydrogens (tertiary/aromatic N) is 1. The number of rotatable bonds is 7. The number of alkyl halides is 6. The molecule has 0 bridgehead atoms. The van der Waals surface area contributed by atoms with E-state index in [1.165, 1.54) is 13.1 Å². The fourth-order valence-corrected chi connectivity index (χ4v) is 4.20. The molecule has 0 aliphatic heterocycles. The fraction of sp³-hybridized carbons (Fsp3) is 0.172. The largest absolute Gasteiger partial charge is 0.494 e. The molecular weight excluding hydrogens is 570 g/mol. The van der Waals surface area contributed by atoms with Crippen LogP contribution in [0.3, 0.4) is 0 Å². The van der Waals surface area contributed by atoms with Crippen LogP contribution in [-0.2, 0) is 23.6 Å². The number of benzene rings is 3. The van der Waals surface area contributed by atoms with Gasteiger partial charge in [-0.15, -0.1) is 0 Å². The topological polar surface area (TPSA) is 103 Å². The molecule has 220 valence electrons. The van der Waals surface area contributed by atoms with Crippen molar-refractivity contribution in [2.24, 2.45) is 0 Å². The average Bonchev–Trinajstić information content (AvgIpc) is 3.24. The Morgan fingerprint density at radius 2 is 1.52 bits per heavy atom. The highest BCUT2D eigenvalue weighted by Gasteiger charge is 2.38. The maximum atomic E-state index is 13.4. The zero-order valence-electron chi connectivity index (χ0n) is 21.6. The minimum absolute atomic E-state index is 0.0120. The van der Waals surface area contributed by atoms with Crippen molar-refractivity contribution in [2.45, 2.75) is 24.8 Å². The number of amides is 1. The first-order chi connectivity index (χ1) is 19.6. The lowest BCUT2D eigenvalue weighted by atomic mass is 9.99. The number of hydrogen-bond acceptors (Lipinski definition) is 5. The molecule has 4 aromatic rings. The number of hydrogen-bond donors (Lipinski definition) is 3. The van der Waals surface area contributed by atoms with Crippen LogP contribution in [0, 0.1) is 0 Å². The van der Waals surface area contributed by atoms with Crippen LogP contribution in [0.5, 0.6) is 17.5 Å². The van der Waals surface area contributed by atoms with Crippen LogP contribution in [-0.4, -0.2) is 45.1 Å². The molecule has 1 aromatic heterocycles. The highest BCUT2D eigenvalue weighted by atomic mass is 19.4. The van der Waals surface area contributed by atoms with Crippen LogP contribution in [0.25, 0.3) is 10.8 Å². The van der Waals surface area contributed by atoms with Crippen LogP contribution in [0.15, 0.2) is 78.9 Å². The van der Waals surface area contributed by atoms with E-state index in [1.807, 2.05) is 18.2 Å². The summed E-state index contributed by atoms with van der Waals surface area (Å²) in [4.78, 5) is 28.7. The zero-order valence-corrected chi connectivity index (χ0v) is 21.6. The molecule has 1 heterocycles. The number of carbonyl (C=O) groups excluding carboxylic acids is 2. The Hall–Kier alpha value is -4.94. The van der Waals surface area contributed by atoms with Crippen molar-refractivity contribution in [3.63, 3.8) is 0 Å². The molecular formula is C29H22F6N2O5. The summed E-state index contributed by atoms with van der Waals surface area (Å²) in [6.07, 6.45) is -8.22. The molecule has 42 heavy (non-hydrogen) atoms. The van der Waals surface area contributed by atoms with Gasteiger partial charge in [0.25, 0.3) is 5.91 Å². The quantitative estimate of drug-likeness (QED) is 0.130. The number of ether oxygens (including phenoxy) is 1. The first-order valence-corrected chi connectivity index (χ1v) is 12.2. The van der Waals surface area contributed by atoms with Crippen LogP contribution in [0.4, 0.5) is 26.3 Å². The third-order valence-corrected chi connectivity index (χ3v) is 6.32. The van der Waals surface area contributed by atoms with Crippen molar-refractivity contribution in [3.8, 4) is 17.5 Å². The molecule has 1 amide bonds. The third kappa shape index (κ3) is 7.03. The van der Waals surface area contributed by atoms with Gasteiger partial charge in [-0.25, -0.2) is 4.79 Å². The Morgan fingerprint density at radius 1 is 0.905 bits per heavy atom. The molecule has 0 spiro atoms. The zero-order chi connectivity index (χ0) is 30.8. The molecule has 0 radical (unpaired) electrons. The van der Waals surface area contributed by atoms with E-state index in [0.29, 0.717) is 17.7 Å². The predicted octanol–water partition coefficient (Wildman–Crippen LogP) is 6.46. The second-order valence-electron chi connectivity index (χ2n) is 9.31. The summed E-state index contributed by atoms with van der Waals surface area (Å²) in [5.41, 5.74) is -3.50. The smallest absolute Gasteiger partial charge is 0.416 e. The number of carbonyl (C=O) groups is 2. The number of aromatic hydroxyl groups is 2. The van der Waals surface area contributed by atoms with Gasteiger partial charge in [-0.3, -0.25) is 9.78 Å². The number of likely N-dealkylation sites (N-methyl/N-ethyl adjacent to an activating group) is 1. The Balaban J connectivity index is 1.68. The van der Waals surface area contributed by atoms with E-state index in [4.69, 9.17) is 4.74 Å². The number of halogens is 6. The van der Waals surface area contributed by atoms with Gasteiger partial charge in [-0.2, -0.15) is 26.3 Å². The third-order valence-electron chi connectivity index (χ3n) is 6.32. The van der Waals surface area contributed by atoms with Gasteiger partial charge >= 0.3 is 18.3 Å². The highest BCUT2D eigenvalue weighted by molar-refractivity contribution is 5.95. The Morgan fingerprint density at radius 3 is 2.10 bits per heavy atom. The summed E-state index contributed by atoms with van der Waals surface area (Å²) in [6, 6.07) is 13.1. The van der Waals surface area contributed by atoms with Crippen molar-refractivity contribution in [3.05, 3.63) is 101 Å². The summed E-state index contributed by atoms with van der Waals surface area (Å²) in [6.45, 7) is 0. The Kier molecular flexibility index (Phi) is 8.23. The van der Waals surface area contributed by atoms with E-state index < -0.39 is 64.5 Å². The summed E-state index contributed by atoms with van der Waals surface area (Å²) < 4.78 is 85.3. The van der Waals surface area contributed by atoms with Crippen LogP contribution < -0.4 is 4.74 Å². The van der Waals surface area contributed by atoms with E-state index >= 15 is 0 Å². The van der Waals surface area contributed by atoms with Gasteiger partial charge in [0.2, 0.25) is 5.88 Å². The molecule has 13 heteroatoms. The van der Waals surface area contributed by atoms with Crippen LogP contribution in [0.2, 0.25) is 0 Å². The van der Waals surface area contributed by atoms with E-state index in [1.54, 1.807) is 24.3 Å². The van der Waals surface area contributed by atoms with E-state index in [2.05, 4.69) is 4.98 Å². The summed E-state index contributed by atoms with van der Waals surface area (Å²) in [5.74, 6) is -3.74. The van der Waals surface area contributed by atoms with E-state index in [9.17, 15) is 46.1 Å². The minimum atomic E-state index is -5.15. The fourth-order valence-electron chi connectivity index (χ4n) is 4.20. The first-order valence-electron chi connectivity index (χ1n) is 12.2. The van der Waals surface area contributed by atoms with Crippen molar-refractivity contribution in [1.82, 2.24) is 9.88 Å². The lowest BCUT2D eigenvalue weighted by molar-refractivity contribution is -0.143. The number of esters is 1. The molecule has 1 atom stereocenters. The van der Waals surface area contributed by atoms with Crippen molar-refractivity contribution in [1.29, 1.82) is 0 Å². The number of aromatic amines is 1. The molecule has 4 rings (SSSR count). The molecule has 0 saturated heterocycles. The molecule has 3 aromatic carbocycles. The molecule has 0 fully saturated rings. The molecule has 1 unspecified atom stereocenters. The van der Waals surface area contributed by atoms with Gasteiger partial charge in [0.15, 0.2) is 11.6 Å². The average molecular weight is 592 g/mol. The standard InChI is InChI=1S/C29H22F6N2O5/c1-37(27(41)19-12-20(28(30,31)32)14-21(13-19)29(33,34)35)22(8-9-25(39)42-23-15-24(38)36-26(23)40)11-16-6-7-17-4-2-3-5-18(17)10-16/h2-10,12-15,22,36,38,40H,11H2,1H3. The molecule has 7 nitrogen and oxygen atoms in total. The van der Waals surface area contributed by atoms with Gasteiger partial charge in [0.05, 0.1) is 17.2 Å². The summed E-state index contributed by atoms with van der Waals surface area (Å²) in [5, 5.41) is 20.8. The number of aromatic nitrogens is 1. The van der Waals surface area contributed by atoms with Gasteiger partial charge in [0, 0.05) is 24.8 Å².